The third kappa shape index (κ3) is 2.75. The molecule has 0 atom stereocenters. The van der Waals surface area contributed by atoms with Gasteiger partial charge in [0.25, 0.3) is 5.91 Å². The lowest BCUT2D eigenvalue weighted by Gasteiger charge is -2.19. The third-order valence-electron chi connectivity index (χ3n) is 4.11. The Kier molecular flexibility index (Phi) is 4.10. The van der Waals surface area contributed by atoms with E-state index in [9.17, 15) is 4.79 Å². The van der Waals surface area contributed by atoms with Gasteiger partial charge in [-0.25, -0.2) is 4.98 Å². The number of nitrogens with two attached hydrogens (primary N) is 1. The van der Waals surface area contributed by atoms with Gasteiger partial charge in [-0.05, 0) is 25.7 Å². The average Bonchev–Trinajstić information content (AvgIpc) is 3.01. The van der Waals surface area contributed by atoms with E-state index in [0.717, 1.165) is 44.2 Å². The Morgan fingerprint density at radius 1 is 1.00 bits per heavy atom. The SMILES string of the molecule is Nc1nc(N2CCCC2)sc1C(=O)N1CCCCCC1. The van der Waals surface area contributed by atoms with Gasteiger partial charge in [0.05, 0.1) is 0 Å². The van der Waals surface area contributed by atoms with E-state index >= 15 is 0 Å². The largest absolute Gasteiger partial charge is 0.382 e. The summed E-state index contributed by atoms with van der Waals surface area (Å²) in [6.07, 6.45) is 7.05. The predicted molar refractivity (Wildman–Crippen MR) is 82.3 cm³/mol. The average molecular weight is 294 g/mol. The summed E-state index contributed by atoms with van der Waals surface area (Å²) in [6, 6.07) is 0. The lowest BCUT2D eigenvalue weighted by molar-refractivity contribution is 0.0767. The van der Waals surface area contributed by atoms with Crippen molar-refractivity contribution in [1.82, 2.24) is 9.88 Å². The van der Waals surface area contributed by atoms with Crippen LogP contribution in [0.2, 0.25) is 0 Å². The molecule has 2 saturated heterocycles. The van der Waals surface area contributed by atoms with Crippen molar-refractivity contribution in [1.29, 1.82) is 0 Å². The fourth-order valence-corrected chi connectivity index (χ4v) is 3.94. The minimum atomic E-state index is 0.0762. The number of carbonyl (C=O) groups is 1. The molecule has 1 aromatic heterocycles. The number of likely N-dealkylation sites (tertiary alicyclic amines) is 1. The maximum absolute atomic E-state index is 12.6. The van der Waals surface area contributed by atoms with Gasteiger partial charge in [0.2, 0.25) is 0 Å². The third-order valence-corrected chi connectivity index (χ3v) is 5.23. The van der Waals surface area contributed by atoms with Crippen LogP contribution in [0.25, 0.3) is 0 Å². The summed E-state index contributed by atoms with van der Waals surface area (Å²) >= 11 is 1.46. The monoisotopic (exact) mass is 294 g/mol. The topological polar surface area (TPSA) is 62.5 Å². The van der Waals surface area contributed by atoms with Crippen LogP contribution in [0, 0.1) is 0 Å². The summed E-state index contributed by atoms with van der Waals surface area (Å²) in [4.78, 5) is 21.8. The Hall–Kier alpha value is -1.30. The molecule has 5 nitrogen and oxygen atoms in total. The van der Waals surface area contributed by atoms with E-state index in [1.54, 1.807) is 0 Å². The molecule has 20 heavy (non-hydrogen) atoms. The summed E-state index contributed by atoms with van der Waals surface area (Å²) in [7, 11) is 0. The maximum atomic E-state index is 12.6. The van der Waals surface area contributed by atoms with Crippen molar-refractivity contribution in [2.75, 3.05) is 36.8 Å². The second-order valence-corrected chi connectivity index (χ2v) is 6.59. The first kappa shape index (κ1) is 13.7. The van der Waals surface area contributed by atoms with E-state index in [0.29, 0.717) is 10.7 Å². The van der Waals surface area contributed by atoms with Crippen molar-refractivity contribution in [2.45, 2.75) is 38.5 Å². The molecule has 1 amide bonds. The predicted octanol–water partition coefficient (Wildman–Crippen LogP) is 2.34. The van der Waals surface area contributed by atoms with Crippen molar-refractivity contribution in [3.63, 3.8) is 0 Å². The molecule has 0 spiro atoms. The molecule has 2 N–H and O–H groups in total. The fourth-order valence-electron chi connectivity index (χ4n) is 2.93. The molecule has 0 saturated carbocycles. The number of thiazole rings is 1. The fraction of sp³-hybridized carbons (Fsp3) is 0.714. The van der Waals surface area contributed by atoms with Crippen molar-refractivity contribution in [2.24, 2.45) is 0 Å². The number of hydrogen-bond acceptors (Lipinski definition) is 5. The first-order chi connectivity index (χ1) is 9.75. The minimum Gasteiger partial charge on any atom is -0.382 e. The van der Waals surface area contributed by atoms with Crippen molar-refractivity contribution < 1.29 is 4.79 Å². The maximum Gasteiger partial charge on any atom is 0.267 e. The van der Waals surface area contributed by atoms with Gasteiger partial charge in [-0.2, -0.15) is 0 Å². The van der Waals surface area contributed by atoms with Crippen molar-refractivity contribution in [3.05, 3.63) is 4.88 Å². The van der Waals surface area contributed by atoms with Crippen molar-refractivity contribution >= 4 is 28.2 Å². The molecule has 3 heterocycles. The van der Waals surface area contributed by atoms with Gasteiger partial charge in [-0.3, -0.25) is 4.79 Å². The molecule has 2 aliphatic rings. The Morgan fingerprint density at radius 2 is 1.60 bits per heavy atom. The summed E-state index contributed by atoms with van der Waals surface area (Å²) in [5, 5.41) is 0.915. The summed E-state index contributed by atoms with van der Waals surface area (Å²) in [5.41, 5.74) is 5.98. The van der Waals surface area contributed by atoms with Crippen LogP contribution in [0.3, 0.4) is 0 Å². The number of hydrogen-bond donors (Lipinski definition) is 1. The minimum absolute atomic E-state index is 0.0762. The molecule has 0 unspecified atom stereocenters. The molecule has 1 aromatic rings. The lowest BCUT2D eigenvalue weighted by atomic mass is 10.2. The molecular formula is C14H22N4OS. The van der Waals surface area contributed by atoms with Gasteiger partial charge < -0.3 is 15.5 Å². The van der Waals surface area contributed by atoms with Crippen LogP contribution in [-0.4, -0.2) is 42.0 Å². The first-order valence-corrected chi connectivity index (χ1v) is 8.38. The van der Waals surface area contributed by atoms with E-state index in [1.807, 2.05) is 4.90 Å². The number of anilines is 2. The molecule has 110 valence electrons. The van der Waals surface area contributed by atoms with E-state index in [1.165, 1.54) is 37.0 Å². The summed E-state index contributed by atoms with van der Waals surface area (Å²) in [5.74, 6) is 0.485. The molecule has 2 aliphatic heterocycles. The Balaban J connectivity index is 1.76. The number of nitrogens with zero attached hydrogens (tertiary/aromatic N) is 3. The van der Waals surface area contributed by atoms with Crippen LogP contribution in [0.15, 0.2) is 0 Å². The summed E-state index contributed by atoms with van der Waals surface area (Å²) < 4.78 is 0. The molecule has 0 aliphatic carbocycles. The van der Waals surface area contributed by atoms with Crippen LogP contribution < -0.4 is 10.6 Å². The second-order valence-electron chi connectivity index (χ2n) is 5.61. The van der Waals surface area contributed by atoms with Gasteiger partial charge >= 0.3 is 0 Å². The molecule has 0 bridgehead atoms. The highest BCUT2D eigenvalue weighted by Gasteiger charge is 2.25. The van der Waals surface area contributed by atoms with E-state index < -0.39 is 0 Å². The number of rotatable bonds is 2. The zero-order valence-electron chi connectivity index (χ0n) is 11.8. The van der Waals surface area contributed by atoms with E-state index in [2.05, 4.69) is 9.88 Å². The molecule has 6 heteroatoms. The van der Waals surface area contributed by atoms with Crippen LogP contribution in [0.1, 0.15) is 48.2 Å². The van der Waals surface area contributed by atoms with Gasteiger partial charge in [0.1, 0.15) is 10.7 Å². The van der Waals surface area contributed by atoms with Gasteiger partial charge in [-0.15, -0.1) is 0 Å². The van der Waals surface area contributed by atoms with Crippen molar-refractivity contribution in [3.8, 4) is 0 Å². The highest BCUT2D eigenvalue weighted by atomic mass is 32.1. The second kappa shape index (κ2) is 5.99. The number of amides is 1. The highest BCUT2D eigenvalue weighted by Crippen LogP contribution is 2.31. The lowest BCUT2D eigenvalue weighted by Crippen LogP contribution is -2.31. The summed E-state index contributed by atoms with van der Waals surface area (Å²) in [6.45, 7) is 3.78. The van der Waals surface area contributed by atoms with Crippen LogP contribution >= 0.6 is 11.3 Å². The smallest absolute Gasteiger partial charge is 0.267 e. The Labute approximate surface area is 123 Å². The van der Waals surface area contributed by atoms with E-state index in [4.69, 9.17) is 5.73 Å². The standard InChI is InChI=1S/C14H22N4OS/c15-12-11(13(19)17-7-3-1-2-4-8-17)20-14(16-12)18-9-5-6-10-18/h1-10,15H2. The molecule has 0 aromatic carbocycles. The zero-order valence-corrected chi connectivity index (χ0v) is 12.6. The highest BCUT2D eigenvalue weighted by molar-refractivity contribution is 7.18. The van der Waals surface area contributed by atoms with Gasteiger partial charge in [0.15, 0.2) is 5.13 Å². The van der Waals surface area contributed by atoms with Crippen LogP contribution in [0.4, 0.5) is 10.9 Å². The Morgan fingerprint density at radius 3 is 2.25 bits per heavy atom. The van der Waals surface area contributed by atoms with E-state index in [-0.39, 0.29) is 5.91 Å². The van der Waals surface area contributed by atoms with Crippen LogP contribution in [-0.2, 0) is 0 Å². The quantitative estimate of drug-likeness (QED) is 0.909. The number of nitrogen functional groups attached to an aromatic ring is 1. The number of aromatic nitrogens is 1. The normalized spacial score (nSPS) is 20.2. The number of carbonyl (C=O) groups excluding carboxylic acids is 1. The molecule has 3 rings (SSSR count). The van der Waals surface area contributed by atoms with Crippen LogP contribution in [0.5, 0.6) is 0 Å². The Bertz CT molecular complexity index is 474. The first-order valence-electron chi connectivity index (χ1n) is 7.56. The molecule has 2 fully saturated rings. The van der Waals surface area contributed by atoms with Gasteiger partial charge in [-0.1, -0.05) is 24.2 Å². The molecular weight excluding hydrogens is 272 g/mol. The zero-order chi connectivity index (χ0) is 13.9. The van der Waals surface area contributed by atoms with Gasteiger partial charge in [0, 0.05) is 26.2 Å². The molecule has 0 radical (unpaired) electrons.